The molecule has 1 aliphatic rings. The van der Waals surface area contributed by atoms with Crippen molar-refractivity contribution in [2.45, 2.75) is 25.3 Å². The van der Waals surface area contributed by atoms with Crippen LogP contribution in [0.4, 0.5) is 14.5 Å². The molecule has 0 heterocycles. The molecule has 4 heteroatoms. The van der Waals surface area contributed by atoms with E-state index in [1.807, 2.05) is 6.08 Å². The van der Waals surface area contributed by atoms with Crippen molar-refractivity contribution in [3.8, 4) is 0 Å². The van der Waals surface area contributed by atoms with Crippen molar-refractivity contribution in [2.24, 2.45) is 0 Å². The highest BCUT2D eigenvalue weighted by molar-refractivity contribution is 9.10. The van der Waals surface area contributed by atoms with Crippen LogP contribution in [-0.2, 0) is 0 Å². The van der Waals surface area contributed by atoms with Crippen LogP contribution < -0.4 is 5.32 Å². The lowest BCUT2D eigenvalue weighted by Gasteiger charge is -2.20. The standard InChI is InChI=1S/C12H12BrF2N/c13-10-6-8(14)7-11(15)12(10)16-9-4-2-1-3-5-9/h2,4,6-7,9,16H,1,3,5H2. The SMILES string of the molecule is Fc1cc(F)c(NC2C=CCCC2)c(Br)c1. The van der Waals surface area contributed by atoms with Crippen molar-refractivity contribution in [2.75, 3.05) is 5.32 Å². The number of rotatable bonds is 2. The molecule has 1 aliphatic carbocycles. The topological polar surface area (TPSA) is 12.0 Å². The van der Waals surface area contributed by atoms with Gasteiger partial charge in [0.25, 0.3) is 0 Å². The van der Waals surface area contributed by atoms with Gasteiger partial charge in [-0.2, -0.15) is 0 Å². The van der Waals surface area contributed by atoms with Crippen LogP contribution in [-0.4, -0.2) is 6.04 Å². The molecule has 0 amide bonds. The summed E-state index contributed by atoms with van der Waals surface area (Å²) in [6.07, 6.45) is 7.24. The largest absolute Gasteiger partial charge is 0.376 e. The molecule has 1 nitrogen and oxygen atoms in total. The van der Waals surface area contributed by atoms with Gasteiger partial charge in [0, 0.05) is 16.6 Å². The summed E-state index contributed by atoms with van der Waals surface area (Å²) in [7, 11) is 0. The van der Waals surface area contributed by atoms with Crippen LogP contribution in [0, 0.1) is 11.6 Å². The minimum Gasteiger partial charge on any atom is -0.376 e. The first-order valence-electron chi connectivity index (χ1n) is 5.24. The summed E-state index contributed by atoms with van der Waals surface area (Å²) in [5.74, 6) is -1.14. The summed E-state index contributed by atoms with van der Waals surface area (Å²) in [4.78, 5) is 0. The van der Waals surface area contributed by atoms with Gasteiger partial charge in [-0.15, -0.1) is 0 Å². The Hall–Kier alpha value is -0.900. The Morgan fingerprint density at radius 2 is 2.12 bits per heavy atom. The van der Waals surface area contributed by atoms with Crippen molar-refractivity contribution in [1.29, 1.82) is 0 Å². The summed E-state index contributed by atoms with van der Waals surface area (Å²) >= 11 is 3.16. The van der Waals surface area contributed by atoms with Gasteiger partial charge in [-0.25, -0.2) is 8.78 Å². The van der Waals surface area contributed by atoms with Crippen molar-refractivity contribution in [3.05, 3.63) is 40.4 Å². The van der Waals surface area contributed by atoms with E-state index in [1.54, 1.807) is 0 Å². The zero-order valence-corrected chi connectivity index (χ0v) is 10.2. The summed E-state index contributed by atoms with van der Waals surface area (Å²) in [6, 6.07) is 2.28. The smallest absolute Gasteiger partial charge is 0.150 e. The fraction of sp³-hybridized carbons (Fsp3) is 0.333. The molecule has 2 rings (SSSR count). The molecule has 1 aromatic rings. The normalized spacial score (nSPS) is 19.8. The van der Waals surface area contributed by atoms with Gasteiger partial charge in [-0.1, -0.05) is 12.2 Å². The van der Waals surface area contributed by atoms with E-state index >= 15 is 0 Å². The van der Waals surface area contributed by atoms with E-state index in [0.717, 1.165) is 25.3 Å². The van der Waals surface area contributed by atoms with E-state index < -0.39 is 11.6 Å². The third kappa shape index (κ3) is 2.61. The lowest BCUT2D eigenvalue weighted by molar-refractivity contribution is 0.580. The lowest BCUT2D eigenvalue weighted by atomic mass is 10.0. The molecule has 0 saturated carbocycles. The van der Waals surface area contributed by atoms with E-state index in [0.29, 0.717) is 10.2 Å². The Morgan fingerprint density at radius 1 is 1.31 bits per heavy atom. The lowest BCUT2D eigenvalue weighted by Crippen LogP contribution is -2.19. The van der Waals surface area contributed by atoms with Crippen LogP contribution in [0.15, 0.2) is 28.8 Å². The molecule has 0 bridgehead atoms. The fourth-order valence-electron chi connectivity index (χ4n) is 1.80. The van der Waals surface area contributed by atoms with Crippen LogP contribution in [0.1, 0.15) is 19.3 Å². The second-order valence-electron chi connectivity index (χ2n) is 3.85. The fourth-order valence-corrected chi connectivity index (χ4v) is 2.32. The molecule has 0 aromatic heterocycles. The van der Waals surface area contributed by atoms with E-state index in [2.05, 4.69) is 27.3 Å². The molecule has 0 spiro atoms. The Morgan fingerprint density at radius 3 is 2.75 bits per heavy atom. The molecule has 1 atom stereocenters. The Kier molecular flexibility index (Phi) is 3.59. The van der Waals surface area contributed by atoms with Crippen molar-refractivity contribution >= 4 is 21.6 Å². The van der Waals surface area contributed by atoms with Gasteiger partial charge in [0.15, 0.2) is 0 Å². The van der Waals surface area contributed by atoms with Crippen LogP contribution in [0.25, 0.3) is 0 Å². The summed E-state index contributed by atoms with van der Waals surface area (Å²) in [6.45, 7) is 0. The Labute approximate surface area is 102 Å². The van der Waals surface area contributed by atoms with Crippen LogP contribution >= 0.6 is 15.9 Å². The maximum absolute atomic E-state index is 13.5. The molecular weight excluding hydrogens is 276 g/mol. The molecule has 0 radical (unpaired) electrons. The number of hydrogen-bond acceptors (Lipinski definition) is 1. The highest BCUT2D eigenvalue weighted by Gasteiger charge is 2.14. The number of benzene rings is 1. The van der Waals surface area contributed by atoms with Crippen molar-refractivity contribution < 1.29 is 8.78 Å². The van der Waals surface area contributed by atoms with E-state index in [4.69, 9.17) is 0 Å². The van der Waals surface area contributed by atoms with Gasteiger partial charge in [0.05, 0.1) is 5.69 Å². The van der Waals surface area contributed by atoms with Gasteiger partial charge >= 0.3 is 0 Å². The molecule has 86 valence electrons. The zero-order valence-electron chi connectivity index (χ0n) is 8.64. The maximum atomic E-state index is 13.5. The number of allylic oxidation sites excluding steroid dienone is 1. The molecule has 16 heavy (non-hydrogen) atoms. The maximum Gasteiger partial charge on any atom is 0.150 e. The molecule has 0 aliphatic heterocycles. The van der Waals surface area contributed by atoms with Crippen molar-refractivity contribution in [1.82, 2.24) is 0 Å². The number of hydrogen-bond donors (Lipinski definition) is 1. The Balaban J connectivity index is 2.20. The summed E-state index contributed by atoms with van der Waals surface area (Å²) in [5, 5.41) is 3.07. The minimum atomic E-state index is -0.575. The van der Waals surface area contributed by atoms with Gasteiger partial charge < -0.3 is 5.32 Å². The molecule has 0 saturated heterocycles. The van der Waals surface area contributed by atoms with Crippen LogP contribution in [0.5, 0.6) is 0 Å². The molecule has 1 N–H and O–H groups in total. The van der Waals surface area contributed by atoms with Gasteiger partial charge in [-0.05, 0) is 41.3 Å². The highest BCUT2D eigenvalue weighted by Crippen LogP contribution is 2.28. The first-order chi connectivity index (χ1) is 7.66. The first kappa shape index (κ1) is 11.6. The highest BCUT2D eigenvalue weighted by atomic mass is 79.9. The number of nitrogens with one attached hydrogen (secondary N) is 1. The predicted octanol–water partition coefficient (Wildman–Crippen LogP) is 4.25. The number of anilines is 1. The summed E-state index contributed by atoms with van der Waals surface area (Å²) in [5.41, 5.74) is 0.331. The summed E-state index contributed by atoms with van der Waals surface area (Å²) < 4.78 is 26.8. The third-order valence-corrected chi connectivity index (χ3v) is 3.22. The molecule has 0 fully saturated rings. The third-order valence-electron chi connectivity index (χ3n) is 2.59. The van der Waals surface area contributed by atoms with Crippen LogP contribution in [0.3, 0.4) is 0 Å². The van der Waals surface area contributed by atoms with Crippen LogP contribution in [0.2, 0.25) is 0 Å². The molecule has 1 unspecified atom stereocenters. The average molecular weight is 288 g/mol. The second-order valence-corrected chi connectivity index (χ2v) is 4.71. The average Bonchev–Trinajstić information content (AvgIpc) is 2.25. The first-order valence-corrected chi connectivity index (χ1v) is 6.04. The van der Waals surface area contributed by atoms with E-state index in [9.17, 15) is 8.78 Å². The number of halogens is 3. The quantitative estimate of drug-likeness (QED) is 0.802. The molecule has 1 aromatic carbocycles. The predicted molar refractivity (Wildman–Crippen MR) is 64.5 cm³/mol. The van der Waals surface area contributed by atoms with Gasteiger partial charge in [0.1, 0.15) is 11.6 Å². The molecular formula is C12H12BrF2N. The van der Waals surface area contributed by atoms with Gasteiger partial charge in [-0.3, -0.25) is 0 Å². The van der Waals surface area contributed by atoms with Gasteiger partial charge in [0.2, 0.25) is 0 Å². The zero-order chi connectivity index (χ0) is 11.5. The Bertz CT molecular complexity index is 394. The second kappa shape index (κ2) is 4.95. The minimum absolute atomic E-state index is 0.130. The van der Waals surface area contributed by atoms with E-state index in [1.165, 1.54) is 6.07 Å². The van der Waals surface area contributed by atoms with E-state index in [-0.39, 0.29) is 6.04 Å². The van der Waals surface area contributed by atoms with Crippen molar-refractivity contribution in [3.63, 3.8) is 0 Å². The monoisotopic (exact) mass is 287 g/mol.